The van der Waals surface area contributed by atoms with Gasteiger partial charge in [0.2, 0.25) is 0 Å². The second-order valence-electron chi connectivity index (χ2n) is 3.02. The van der Waals surface area contributed by atoms with E-state index in [-0.39, 0.29) is 0 Å². The van der Waals surface area contributed by atoms with E-state index in [4.69, 9.17) is 0 Å². The SMILES string of the molecule is CC.CN1CC2CC(C1)N2. The Hall–Kier alpha value is -0.0800. The molecule has 0 aromatic heterocycles. The zero-order valence-corrected chi connectivity index (χ0v) is 7.22. The molecule has 3 fully saturated rings. The minimum absolute atomic E-state index is 0.832. The van der Waals surface area contributed by atoms with E-state index in [0.29, 0.717) is 0 Å². The number of hydrogen-bond donors (Lipinski definition) is 1. The van der Waals surface area contributed by atoms with Gasteiger partial charge in [-0.05, 0) is 13.5 Å². The maximum Gasteiger partial charge on any atom is 0.0213 e. The molecule has 3 saturated heterocycles. The lowest BCUT2D eigenvalue weighted by molar-refractivity contribution is 0.0984. The average molecular weight is 142 g/mol. The number of piperidine rings is 1. The van der Waals surface area contributed by atoms with Crippen LogP contribution in [0.1, 0.15) is 20.3 Å². The Morgan fingerprint density at radius 3 is 1.80 bits per heavy atom. The van der Waals surface area contributed by atoms with E-state index in [2.05, 4.69) is 17.3 Å². The van der Waals surface area contributed by atoms with Crippen LogP contribution in [0.25, 0.3) is 0 Å². The highest BCUT2D eigenvalue weighted by Gasteiger charge is 2.34. The third-order valence-electron chi connectivity index (χ3n) is 2.10. The van der Waals surface area contributed by atoms with E-state index in [1.54, 1.807) is 0 Å². The Balaban J connectivity index is 0.000000231. The minimum atomic E-state index is 0.832. The summed E-state index contributed by atoms with van der Waals surface area (Å²) >= 11 is 0. The van der Waals surface area contributed by atoms with Crippen LogP contribution in [0.5, 0.6) is 0 Å². The maximum atomic E-state index is 3.47. The van der Waals surface area contributed by atoms with Crippen molar-refractivity contribution < 1.29 is 0 Å². The van der Waals surface area contributed by atoms with E-state index in [0.717, 1.165) is 12.1 Å². The van der Waals surface area contributed by atoms with Crippen molar-refractivity contribution in [3.63, 3.8) is 0 Å². The molecule has 3 heterocycles. The maximum absolute atomic E-state index is 3.47. The quantitative estimate of drug-likeness (QED) is 0.535. The van der Waals surface area contributed by atoms with Gasteiger partial charge in [0, 0.05) is 25.2 Å². The summed E-state index contributed by atoms with van der Waals surface area (Å²) in [6, 6.07) is 1.66. The molecule has 2 heteroatoms. The molecule has 2 atom stereocenters. The molecule has 3 aliphatic rings. The van der Waals surface area contributed by atoms with Crippen LogP contribution in [0.3, 0.4) is 0 Å². The van der Waals surface area contributed by atoms with Crippen LogP contribution < -0.4 is 5.32 Å². The van der Waals surface area contributed by atoms with Crippen molar-refractivity contribution in [2.45, 2.75) is 32.4 Å². The first-order valence-electron chi connectivity index (χ1n) is 4.29. The molecule has 0 radical (unpaired) electrons. The lowest BCUT2D eigenvalue weighted by Gasteiger charge is -2.47. The fourth-order valence-corrected chi connectivity index (χ4v) is 1.73. The molecule has 3 aliphatic heterocycles. The molecule has 60 valence electrons. The first-order chi connectivity index (χ1) is 4.84. The highest BCUT2D eigenvalue weighted by Crippen LogP contribution is 2.18. The summed E-state index contributed by atoms with van der Waals surface area (Å²) in [5, 5.41) is 3.47. The highest BCUT2D eigenvalue weighted by atomic mass is 15.2. The van der Waals surface area contributed by atoms with Crippen LogP contribution in [-0.4, -0.2) is 37.1 Å². The van der Waals surface area contributed by atoms with Crippen LogP contribution in [-0.2, 0) is 0 Å². The van der Waals surface area contributed by atoms with Gasteiger partial charge in [-0.2, -0.15) is 0 Å². The first-order valence-corrected chi connectivity index (χ1v) is 4.29. The monoisotopic (exact) mass is 142 g/mol. The summed E-state index contributed by atoms with van der Waals surface area (Å²) < 4.78 is 0. The molecule has 0 amide bonds. The number of rotatable bonds is 0. The molecule has 2 nitrogen and oxygen atoms in total. The van der Waals surface area contributed by atoms with Gasteiger partial charge >= 0.3 is 0 Å². The first kappa shape index (κ1) is 8.02. The largest absolute Gasteiger partial charge is 0.309 e. The number of hydrogen-bond acceptors (Lipinski definition) is 2. The highest BCUT2D eigenvalue weighted by molar-refractivity contribution is 4.96. The lowest BCUT2D eigenvalue weighted by atomic mass is 9.92. The second-order valence-corrected chi connectivity index (χ2v) is 3.02. The molecule has 0 aromatic rings. The van der Waals surface area contributed by atoms with E-state index in [1.165, 1.54) is 19.5 Å². The van der Waals surface area contributed by atoms with Gasteiger partial charge in [-0.25, -0.2) is 0 Å². The van der Waals surface area contributed by atoms with Crippen molar-refractivity contribution in [1.29, 1.82) is 0 Å². The van der Waals surface area contributed by atoms with Crippen molar-refractivity contribution in [1.82, 2.24) is 10.2 Å². The van der Waals surface area contributed by atoms with Gasteiger partial charge in [0.05, 0.1) is 0 Å². The Kier molecular flexibility index (Phi) is 2.69. The molecule has 0 aliphatic carbocycles. The summed E-state index contributed by atoms with van der Waals surface area (Å²) in [6.45, 7) is 6.52. The van der Waals surface area contributed by atoms with Crippen LogP contribution in [0.4, 0.5) is 0 Å². The fourth-order valence-electron chi connectivity index (χ4n) is 1.73. The van der Waals surface area contributed by atoms with Gasteiger partial charge in [-0.3, -0.25) is 0 Å². The fraction of sp³-hybridized carbons (Fsp3) is 1.00. The van der Waals surface area contributed by atoms with E-state index >= 15 is 0 Å². The molecule has 3 rings (SSSR count). The minimum Gasteiger partial charge on any atom is -0.309 e. The molecule has 0 saturated carbocycles. The topological polar surface area (TPSA) is 15.3 Å². The van der Waals surface area contributed by atoms with Crippen molar-refractivity contribution in [2.75, 3.05) is 20.1 Å². The normalized spacial score (nSPS) is 37.5. The smallest absolute Gasteiger partial charge is 0.0213 e. The zero-order chi connectivity index (χ0) is 7.56. The summed E-state index contributed by atoms with van der Waals surface area (Å²) in [5.74, 6) is 0. The zero-order valence-electron chi connectivity index (χ0n) is 7.22. The van der Waals surface area contributed by atoms with Gasteiger partial charge in [-0.15, -0.1) is 0 Å². The van der Waals surface area contributed by atoms with Gasteiger partial charge in [0.1, 0.15) is 0 Å². The number of nitrogens with one attached hydrogen (secondary N) is 1. The standard InChI is InChI=1S/C6H12N2.C2H6/c1-8-3-5-2-6(4-8)7-5;1-2/h5-7H,2-4H2,1H3;1-2H3. The Morgan fingerprint density at radius 2 is 1.60 bits per heavy atom. The molecule has 0 spiro atoms. The third-order valence-corrected chi connectivity index (χ3v) is 2.10. The van der Waals surface area contributed by atoms with Crippen LogP contribution in [0, 0.1) is 0 Å². The average Bonchev–Trinajstić information content (AvgIpc) is 1.90. The summed E-state index contributed by atoms with van der Waals surface area (Å²) in [4.78, 5) is 2.40. The lowest BCUT2D eigenvalue weighted by Crippen LogP contribution is -2.65. The number of fused-ring (bicyclic) bond motifs is 2. The summed E-state index contributed by atoms with van der Waals surface area (Å²) in [6.07, 6.45) is 1.42. The molecule has 2 unspecified atom stereocenters. The van der Waals surface area contributed by atoms with Crippen molar-refractivity contribution in [3.8, 4) is 0 Å². The van der Waals surface area contributed by atoms with E-state index < -0.39 is 0 Å². The van der Waals surface area contributed by atoms with Crippen LogP contribution in [0.15, 0.2) is 0 Å². The van der Waals surface area contributed by atoms with Gasteiger partial charge in [-0.1, -0.05) is 13.8 Å². The molecule has 1 N–H and O–H groups in total. The van der Waals surface area contributed by atoms with Crippen LogP contribution in [0.2, 0.25) is 0 Å². The Labute approximate surface area is 63.6 Å². The Morgan fingerprint density at radius 1 is 1.20 bits per heavy atom. The third kappa shape index (κ3) is 1.50. The van der Waals surface area contributed by atoms with Gasteiger partial charge in [0.15, 0.2) is 0 Å². The van der Waals surface area contributed by atoms with Gasteiger partial charge < -0.3 is 10.2 Å². The predicted molar refractivity (Wildman–Crippen MR) is 44.2 cm³/mol. The molecular formula is C8H18N2. The predicted octanol–water partition coefficient (Wildman–Crippen LogP) is 0.688. The van der Waals surface area contributed by atoms with Crippen molar-refractivity contribution in [3.05, 3.63) is 0 Å². The van der Waals surface area contributed by atoms with Gasteiger partial charge in [0.25, 0.3) is 0 Å². The van der Waals surface area contributed by atoms with Crippen LogP contribution >= 0.6 is 0 Å². The number of nitrogens with zero attached hydrogens (tertiary/aromatic N) is 1. The van der Waals surface area contributed by atoms with E-state index in [1.807, 2.05) is 13.8 Å². The summed E-state index contributed by atoms with van der Waals surface area (Å²) in [7, 11) is 2.19. The van der Waals surface area contributed by atoms with Crippen molar-refractivity contribution >= 4 is 0 Å². The molecule has 10 heavy (non-hydrogen) atoms. The van der Waals surface area contributed by atoms with E-state index in [9.17, 15) is 0 Å². The molecular weight excluding hydrogens is 124 g/mol. The number of likely N-dealkylation sites (N-methyl/N-ethyl adjacent to an activating group) is 1. The second kappa shape index (κ2) is 3.35. The molecule has 2 bridgehead atoms. The summed E-state index contributed by atoms with van der Waals surface area (Å²) in [5.41, 5.74) is 0. The van der Waals surface area contributed by atoms with Crippen molar-refractivity contribution in [2.24, 2.45) is 0 Å². The molecule has 0 aromatic carbocycles. The number of piperazine rings is 1. The Bertz CT molecular complexity index is 87.4.